The number of carboxylic acids is 3. The number of hydrogen-bond donors (Lipinski definition) is 4. The fraction of sp³-hybridized carbons (Fsp3) is 0.583. The van der Waals surface area contributed by atoms with E-state index in [0.717, 1.165) is 7.11 Å². The van der Waals surface area contributed by atoms with Gasteiger partial charge in [-0.3, -0.25) is 14.4 Å². The summed E-state index contributed by atoms with van der Waals surface area (Å²) in [5, 5.41) is 41.7. The van der Waals surface area contributed by atoms with Crippen LogP contribution in [0.25, 0.3) is 10.4 Å². The first-order valence-electron chi connectivity index (χ1n) is 12.1. The first kappa shape index (κ1) is 32.1. The molecule has 16 nitrogen and oxygen atoms in total. The van der Waals surface area contributed by atoms with Gasteiger partial charge in [0.15, 0.2) is 6.10 Å². The maximum Gasteiger partial charge on any atom is 0.335 e. The number of nitrogens with zero attached hydrogens (tertiary/aromatic N) is 3. The van der Waals surface area contributed by atoms with Crippen molar-refractivity contribution in [1.29, 1.82) is 0 Å². The molecule has 0 saturated carbocycles. The van der Waals surface area contributed by atoms with E-state index < -0.39 is 79.9 Å². The molecule has 0 spiro atoms. The van der Waals surface area contributed by atoms with Gasteiger partial charge in [0.05, 0.1) is 39.8 Å². The Kier molecular flexibility index (Phi) is 12.9. The number of carbonyl (C=O) groups excluding carboxylic acids is 1. The van der Waals surface area contributed by atoms with E-state index >= 15 is 0 Å². The van der Waals surface area contributed by atoms with Gasteiger partial charge in [-0.15, -0.1) is 0 Å². The largest absolute Gasteiger partial charge is 0.491 e. The van der Waals surface area contributed by atoms with Crippen molar-refractivity contribution in [2.45, 2.75) is 38.3 Å². The Labute approximate surface area is 228 Å². The fourth-order valence-corrected chi connectivity index (χ4v) is 4.43. The molecule has 1 saturated heterocycles. The molecule has 1 aromatic carbocycles. The second-order valence-electron chi connectivity index (χ2n) is 8.69. The zero-order valence-electron chi connectivity index (χ0n) is 21.6. The van der Waals surface area contributed by atoms with E-state index in [1.807, 2.05) is 0 Å². The highest BCUT2D eigenvalue weighted by atomic mass is 16.7. The highest BCUT2D eigenvalue weighted by Crippen LogP contribution is 2.43. The van der Waals surface area contributed by atoms with Gasteiger partial charge in [0, 0.05) is 41.3 Å². The van der Waals surface area contributed by atoms with E-state index in [9.17, 15) is 39.6 Å². The van der Waals surface area contributed by atoms with Gasteiger partial charge in [-0.2, -0.15) is 0 Å². The van der Waals surface area contributed by atoms with Crippen LogP contribution >= 0.6 is 0 Å². The molecular formula is C24H31N3O13. The minimum absolute atomic E-state index is 0.000889. The number of aliphatic hydroxyl groups is 1. The summed E-state index contributed by atoms with van der Waals surface area (Å²) < 4.78 is 27.3. The third-order valence-corrected chi connectivity index (χ3v) is 6.13. The highest BCUT2D eigenvalue weighted by Gasteiger charge is 2.51. The van der Waals surface area contributed by atoms with E-state index in [-0.39, 0.29) is 43.4 Å². The average Bonchev–Trinajstić information content (AvgIpc) is 2.90. The van der Waals surface area contributed by atoms with E-state index in [2.05, 4.69) is 10.0 Å². The number of carboxylic acid groups (broad SMARTS) is 3. The number of rotatable bonds is 17. The second-order valence-corrected chi connectivity index (χ2v) is 8.69. The van der Waals surface area contributed by atoms with Crippen LogP contribution in [0, 0.1) is 17.8 Å². The van der Waals surface area contributed by atoms with Crippen LogP contribution in [-0.2, 0) is 40.0 Å². The van der Waals surface area contributed by atoms with Crippen LogP contribution in [0.3, 0.4) is 0 Å². The van der Waals surface area contributed by atoms with Crippen molar-refractivity contribution in [3.63, 3.8) is 0 Å². The smallest absolute Gasteiger partial charge is 0.335 e. The Morgan fingerprint density at radius 2 is 1.62 bits per heavy atom. The van der Waals surface area contributed by atoms with Crippen LogP contribution in [0.5, 0.6) is 11.5 Å². The number of esters is 1. The van der Waals surface area contributed by atoms with E-state index in [0.29, 0.717) is 0 Å². The second kappa shape index (κ2) is 16.1. The number of azide groups is 1. The standard InChI is InChI=1S/C24H31N3O13/c1-36-23(35)22-16(10-20(31)32)15(9-19(29)30)17(11-21(33)34)24(40-22)39-18-8-14(3-2-13(18)12-28)38-7-6-37-5-4-26-27-25/h2-3,8,15-17,22,24,28H,4-7,9-12H2,1H3,(H,29,30)(H,31,32)(H,33,34)/t15-,16-,17+,22-,24+/m0/s1. The van der Waals surface area contributed by atoms with Crippen LogP contribution in [0.1, 0.15) is 24.8 Å². The molecule has 1 aliphatic rings. The van der Waals surface area contributed by atoms with Crippen molar-refractivity contribution in [2.75, 3.05) is 33.5 Å². The zero-order chi connectivity index (χ0) is 29.7. The van der Waals surface area contributed by atoms with Crippen molar-refractivity contribution in [1.82, 2.24) is 0 Å². The third-order valence-electron chi connectivity index (χ3n) is 6.13. The molecule has 40 heavy (non-hydrogen) atoms. The lowest BCUT2D eigenvalue weighted by Crippen LogP contribution is -2.54. The Balaban J connectivity index is 2.37. The lowest BCUT2D eigenvalue weighted by atomic mass is 9.71. The van der Waals surface area contributed by atoms with Crippen molar-refractivity contribution in [3.8, 4) is 11.5 Å². The molecule has 0 aliphatic carbocycles. The maximum absolute atomic E-state index is 12.6. The van der Waals surface area contributed by atoms with Gasteiger partial charge in [0.25, 0.3) is 0 Å². The predicted octanol–water partition coefficient (Wildman–Crippen LogP) is 1.43. The van der Waals surface area contributed by atoms with Crippen molar-refractivity contribution in [2.24, 2.45) is 22.9 Å². The Morgan fingerprint density at radius 3 is 2.23 bits per heavy atom. The van der Waals surface area contributed by atoms with Crippen LogP contribution < -0.4 is 9.47 Å². The van der Waals surface area contributed by atoms with Gasteiger partial charge in [-0.05, 0) is 23.6 Å². The van der Waals surface area contributed by atoms with Crippen LogP contribution in [0.2, 0.25) is 0 Å². The molecule has 1 heterocycles. The van der Waals surface area contributed by atoms with Gasteiger partial charge < -0.3 is 44.1 Å². The first-order chi connectivity index (χ1) is 19.1. The number of aliphatic hydroxyl groups excluding tert-OH is 1. The molecular weight excluding hydrogens is 538 g/mol. The Bertz CT molecular complexity index is 1090. The number of benzene rings is 1. The number of carbonyl (C=O) groups is 4. The summed E-state index contributed by atoms with van der Waals surface area (Å²) >= 11 is 0. The molecule has 5 atom stereocenters. The summed E-state index contributed by atoms with van der Waals surface area (Å²) in [5.74, 6) is -8.31. The summed E-state index contributed by atoms with van der Waals surface area (Å²) in [4.78, 5) is 50.2. The predicted molar refractivity (Wildman–Crippen MR) is 131 cm³/mol. The van der Waals surface area contributed by atoms with Crippen LogP contribution in [-0.4, -0.2) is 90.2 Å². The number of methoxy groups -OCH3 is 1. The summed E-state index contributed by atoms with van der Waals surface area (Å²) in [7, 11) is 1.04. The van der Waals surface area contributed by atoms with Crippen molar-refractivity contribution >= 4 is 23.9 Å². The molecule has 1 aromatic rings. The topological polar surface area (TPSA) is 244 Å². The molecule has 0 aromatic heterocycles. The minimum Gasteiger partial charge on any atom is -0.491 e. The molecule has 2 rings (SSSR count). The van der Waals surface area contributed by atoms with Gasteiger partial charge in [-0.25, -0.2) is 4.79 Å². The third kappa shape index (κ3) is 9.57. The molecule has 0 bridgehead atoms. The number of hydrogen-bond acceptors (Lipinski definition) is 11. The molecule has 4 N–H and O–H groups in total. The normalized spacial score (nSPS) is 22.0. The Morgan fingerprint density at radius 1 is 0.975 bits per heavy atom. The van der Waals surface area contributed by atoms with Crippen LogP contribution in [0.4, 0.5) is 0 Å². The van der Waals surface area contributed by atoms with Gasteiger partial charge in [-0.1, -0.05) is 5.11 Å². The quantitative estimate of drug-likeness (QED) is 0.0682. The molecule has 0 amide bonds. The van der Waals surface area contributed by atoms with E-state index in [1.54, 1.807) is 0 Å². The molecule has 0 unspecified atom stereocenters. The summed E-state index contributed by atoms with van der Waals surface area (Å²) in [6.45, 7) is 0.0963. The molecule has 16 heteroatoms. The monoisotopic (exact) mass is 569 g/mol. The van der Waals surface area contributed by atoms with Crippen LogP contribution in [0.15, 0.2) is 23.3 Å². The van der Waals surface area contributed by atoms with Gasteiger partial charge >= 0.3 is 23.9 Å². The molecule has 0 radical (unpaired) electrons. The van der Waals surface area contributed by atoms with Crippen molar-refractivity contribution in [3.05, 3.63) is 34.2 Å². The summed E-state index contributed by atoms with van der Waals surface area (Å²) in [6, 6.07) is 4.39. The lowest BCUT2D eigenvalue weighted by molar-refractivity contribution is -0.233. The SMILES string of the molecule is COC(=O)[C@H]1O[C@@H](Oc2cc(OCCOCCN=[N+]=[N-])ccc2CO)[C@H](CC(=O)O)[C@@H](CC(=O)O)[C@@H]1CC(=O)O. The molecule has 1 aliphatic heterocycles. The zero-order valence-corrected chi connectivity index (χ0v) is 21.6. The molecule has 1 fully saturated rings. The van der Waals surface area contributed by atoms with Crippen molar-refractivity contribution < 1.29 is 63.3 Å². The Hall–Kier alpha value is -4.11. The number of aliphatic carboxylic acids is 3. The fourth-order valence-electron chi connectivity index (χ4n) is 4.43. The van der Waals surface area contributed by atoms with Gasteiger partial charge in [0.2, 0.25) is 6.29 Å². The number of ether oxygens (including phenoxy) is 5. The lowest BCUT2D eigenvalue weighted by Gasteiger charge is -2.44. The summed E-state index contributed by atoms with van der Waals surface area (Å²) in [6.07, 6.45) is -5.11. The molecule has 220 valence electrons. The van der Waals surface area contributed by atoms with E-state index in [4.69, 9.17) is 29.2 Å². The van der Waals surface area contributed by atoms with E-state index in [1.165, 1.54) is 18.2 Å². The minimum atomic E-state index is -1.57. The highest BCUT2D eigenvalue weighted by molar-refractivity contribution is 5.77. The van der Waals surface area contributed by atoms with Gasteiger partial charge in [0.1, 0.15) is 18.1 Å². The first-order valence-corrected chi connectivity index (χ1v) is 12.1. The maximum atomic E-state index is 12.6. The average molecular weight is 570 g/mol. The summed E-state index contributed by atoms with van der Waals surface area (Å²) in [5.41, 5.74) is 8.50.